The number of unbranched alkanes of at least 4 members (excludes halogenated alkanes) is 4. The molecule has 0 aromatic carbocycles. The number of carboxylic acid groups (broad SMARTS) is 1. The van der Waals surface area contributed by atoms with E-state index in [1.807, 2.05) is 6.92 Å². The molecule has 0 radical (unpaired) electrons. The molecule has 1 unspecified atom stereocenters. The van der Waals surface area contributed by atoms with Crippen LogP contribution in [0.2, 0.25) is 0 Å². The van der Waals surface area contributed by atoms with E-state index in [4.69, 9.17) is 0 Å². The van der Waals surface area contributed by atoms with Gasteiger partial charge in [0.2, 0.25) is 0 Å². The Balaban J connectivity index is -0.000000980. The van der Waals surface area contributed by atoms with Crippen molar-refractivity contribution in [2.75, 3.05) is 0 Å². The summed E-state index contributed by atoms with van der Waals surface area (Å²) in [6, 6.07) is 0. The first kappa shape index (κ1) is 23.5. The van der Waals surface area contributed by atoms with Crippen molar-refractivity contribution in [3.05, 3.63) is 0 Å². The molecule has 0 spiro atoms. The quantitative estimate of drug-likeness (QED) is 0.251. The molecule has 0 aliphatic rings. The SMILES string of the molecule is CCCCCCCC(C(=O)[O-])S(=O)(=O)[O-].[Na+].[Na+]. The molecule has 1 atom stereocenters. The van der Waals surface area contributed by atoms with Crippen LogP contribution in [0.3, 0.4) is 0 Å². The van der Waals surface area contributed by atoms with Crippen LogP contribution >= 0.6 is 0 Å². The number of carbonyl (C=O) groups excluding carboxylic acids is 1. The zero-order valence-corrected chi connectivity index (χ0v) is 15.6. The van der Waals surface area contributed by atoms with Crippen LogP contribution in [-0.2, 0) is 14.9 Å². The van der Waals surface area contributed by atoms with E-state index < -0.39 is 21.3 Å². The van der Waals surface area contributed by atoms with Gasteiger partial charge in [0.15, 0.2) is 0 Å². The summed E-state index contributed by atoms with van der Waals surface area (Å²) in [5, 5.41) is 8.49. The van der Waals surface area contributed by atoms with Crippen LogP contribution in [0, 0.1) is 0 Å². The molecular formula is C9H16Na2O5S. The van der Waals surface area contributed by atoms with Gasteiger partial charge in [0, 0.05) is 0 Å². The first-order valence-electron chi connectivity index (χ1n) is 5.05. The maximum atomic E-state index is 10.5. The van der Waals surface area contributed by atoms with Crippen molar-refractivity contribution in [2.24, 2.45) is 0 Å². The Bertz CT molecular complexity index is 292. The van der Waals surface area contributed by atoms with Gasteiger partial charge in [-0.1, -0.05) is 39.0 Å². The second-order valence-corrected chi connectivity index (χ2v) is 5.06. The van der Waals surface area contributed by atoms with Crippen LogP contribution in [0.15, 0.2) is 0 Å². The van der Waals surface area contributed by atoms with Gasteiger partial charge < -0.3 is 14.5 Å². The van der Waals surface area contributed by atoms with Gasteiger partial charge in [0.25, 0.3) is 0 Å². The van der Waals surface area contributed by atoms with Gasteiger partial charge >= 0.3 is 59.1 Å². The minimum Gasteiger partial charge on any atom is -0.747 e. The van der Waals surface area contributed by atoms with E-state index in [9.17, 15) is 22.9 Å². The molecular weight excluding hydrogens is 266 g/mol. The van der Waals surface area contributed by atoms with Crippen molar-refractivity contribution in [1.29, 1.82) is 0 Å². The maximum absolute atomic E-state index is 10.5. The minimum absolute atomic E-state index is 0. The third-order valence-electron chi connectivity index (χ3n) is 2.18. The largest absolute Gasteiger partial charge is 1.00 e. The minimum atomic E-state index is -4.77. The van der Waals surface area contributed by atoms with Crippen molar-refractivity contribution in [1.82, 2.24) is 0 Å². The molecule has 0 aliphatic carbocycles. The molecule has 0 rings (SSSR count). The number of hydrogen-bond donors (Lipinski definition) is 0. The zero-order chi connectivity index (χ0) is 11.9. The third kappa shape index (κ3) is 12.2. The molecule has 8 heteroatoms. The van der Waals surface area contributed by atoms with E-state index in [1.54, 1.807) is 0 Å². The van der Waals surface area contributed by atoms with E-state index in [1.165, 1.54) is 0 Å². The Labute approximate surface area is 147 Å². The third-order valence-corrected chi connectivity index (χ3v) is 3.31. The second-order valence-electron chi connectivity index (χ2n) is 3.50. The monoisotopic (exact) mass is 282 g/mol. The first-order valence-corrected chi connectivity index (χ1v) is 6.52. The van der Waals surface area contributed by atoms with Crippen molar-refractivity contribution in [3.63, 3.8) is 0 Å². The molecule has 5 nitrogen and oxygen atoms in total. The number of rotatable bonds is 8. The van der Waals surface area contributed by atoms with E-state index in [0.29, 0.717) is 6.42 Å². The van der Waals surface area contributed by atoms with E-state index in [-0.39, 0.29) is 65.5 Å². The summed E-state index contributed by atoms with van der Waals surface area (Å²) in [5.74, 6) is -1.79. The van der Waals surface area contributed by atoms with Gasteiger partial charge in [-0.2, -0.15) is 0 Å². The molecule has 0 saturated heterocycles. The molecule has 0 saturated carbocycles. The van der Waals surface area contributed by atoms with Crippen molar-refractivity contribution < 1.29 is 82.0 Å². The van der Waals surface area contributed by atoms with E-state index in [2.05, 4.69) is 0 Å². The predicted molar refractivity (Wildman–Crippen MR) is 51.9 cm³/mol. The smallest absolute Gasteiger partial charge is 0.747 e. The Morgan fingerprint density at radius 3 is 1.94 bits per heavy atom. The average Bonchev–Trinajstić information content (AvgIpc) is 2.08. The molecule has 17 heavy (non-hydrogen) atoms. The summed E-state index contributed by atoms with van der Waals surface area (Å²) in [5.41, 5.74) is 0. The molecule has 0 aromatic heterocycles. The van der Waals surface area contributed by atoms with E-state index >= 15 is 0 Å². The Hall–Kier alpha value is 1.38. The molecule has 0 fully saturated rings. The van der Waals surface area contributed by atoms with Crippen LogP contribution < -0.4 is 64.2 Å². The van der Waals surface area contributed by atoms with Gasteiger partial charge in [0.05, 0.1) is 11.2 Å². The van der Waals surface area contributed by atoms with Crippen LogP contribution in [0.1, 0.15) is 45.4 Å². The topological polar surface area (TPSA) is 97.3 Å². The molecule has 0 aromatic rings. The van der Waals surface area contributed by atoms with Gasteiger partial charge in [-0.15, -0.1) is 0 Å². The van der Waals surface area contributed by atoms with Crippen LogP contribution in [0.4, 0.5) is 0 Å². The summed E-state index contributed by atoms with van der Waals surface area (Å²) >= 11 is 0. The normalized spacial score (nSPS) is 12.1. The van der Waals surface area contributed by atoms with Crippen molar-refractivity contribution >= 4 is 16.1 Å². The standard InChI is InChI=1S/C9H18O5S.2Na/c1-2-3-4-5-6-7-8(9(10)11)15(12,13)14;;/h8H,2-7H2,1H3,(H,10,11)(H,12,13,14);;/q;2*+1/p-2. The Morgan fingerprint density at radius 1 is 1.12 bits per heavy atom. The number of aliphatic carboxylic acids is 1. The molecule has 0 N–H and O–H groups in total. The van der Waals surface area contributed by atoms with Crippen molar-refractivity contribution in [3.8, 4) is 0 Å². The molecule has 0 amide bonds. The van der Waals surface area contributed by atoms with Gasteiger partial charge in [-0.25, -0.2) is 8.42 Å². The second kappa shape index (κ2) is 12.4. The van der Waals surface area contributed by atoms with Crippen LogP contribution in [0.5, 0.6) is 0 Å². The summed E-state index contributed by atoms with van der Waals surface area (Å²) in [4.78, 5) is 10.4. The van der Waals surface area contributed by atoms with Gasteiger partial charge in [-0.05, 0) is 6.42 Å². The summed E-state index contributed by atoms with van der Waals surface area (Å²) in [6.45, 7) is 2.03. The Morgan fingerprint density at radius 2 is 1.59 bits per heavy atom. The predicted octanol–water partition coefficient (Wildman–Crippen LogP) is -5.98. The Kier molecular flexibility index (Phi) is 17.1. The average molecular weight is 282 g/mol. The number of carboxylic acids is 1. The summed E-state index contributed by atoms with van der Waals surface area (Å²) < 4.78 is 31.5. The molecule has 0 aliphatic heterocycles. The van der Waals surface area contributed by atoms with Crippen LogP contribution in [0.25, 0.3) is 0 Å². The fraction of sp³-hybridized carbons (Fsp3) is 0.889. The first-order chi connectivity index (χ1) is 6.89. The fourth-order valence-corrected chi connectivity index (χ4v) is 2.00. The number of carbonyl (C=O) groups is 1. The zero-order valence-electron chi connectivity index (χ0n) is 10.8. The number of hydrogen-bond acceptors (Lipinski definition) is 5. The van der Waals surface area contributed by atoms with Crippen LogP contribution in [-0.4, -0.2) is 24.2 Å². The molecule has 90 valence electrons. The van der Waals surface area contributed by atoms with Crippen molar-refractivity contribution in [2.45, 2.75) is 50.7 Å². The molecule has 0 heterocycles. The van der Waals surface area contributed by atoms with E-state index in [0.717, 1.165) is 25.7 Å². The van der Waals surface area contributed by atoms with Gasteiger partial charge in [0.1, 0.15) is 10.1 Å². The summed E-state index contributed by atoms with van der Waals surface area (Å²) in [7, 11) is -4.77. The van der Waals surface area contributed by atoms with Gasteiger partial charge in [-0.3, -0.25) is 0 Å². The summed E-state index contributed by atoms with van der Waals surface area (Å²) in [6.07, 6.45) is 4.03. The fourth-order valence-electron chi connectivity index (χ4n) is 1.31. The molecule has 0 bridgehead atoms. The maximum Gasteiger partial charge on any atom is 1.00 e.